The predicted molar refractivity (Wildman–Crippen MR) is 55.2 cm³/mol. The third kappa shape index (κ3) is 2.72. The van der Waals surface area contributed by atoms with Crippen molar-refractivity contribution in [1.29, 1.82) is 0 Å². The molecule has 84 valence electrons. The van der Waals surface area contributed by atoms with E-state index in [1.807, 2.05) is 7.05 Å². The van der Waals surface area contributed by atoms with E-state index in [0.29, 0.717) is 18.9 Å². The van der Waals surface area contributed by atoms with Crippen LogP contribution in [-0.2, 0) is 13.5 Å². The molecule has 0 aliphatic rings. The van der Waals surface area contributed by atoms with Gasteiger partial charge in [0.2, 0.25) is 5.95 Å². The molecule has 0 aliphatic carbocycles. The second-order valence-electron chi connectivity index (χ2n) is 3.24. The summed E-state index contributed by atoms with van der Waals surface area (Å²) in [7, 11) is 1.81. The van der Waals surface area contributed by atoms with Crippen molar-refractivity contribution >= 4 is 5.95 Å². The minimum Gasteiger partial charge on any atom is -0.354 e. The molecule has 1 N–H and O–H groups in total. The smallest absolute Gasteiger partial charge is 0.222 e. The molecule has 0 saturated carbocycles. The molecule has 0 amide bonds. The van der Waals surface area contributed by atoms with Gasteiger partial charge in [0.15, 0.2) is 11.6 Å². The van der Waals surface area contributed by atoms with E-state index < -0.39 is 5.82 Å². The lowest BCUT2D eigenvalue weighted by Crippen LogP contribution is -2.09. The fourth-order valence-corrected chi connectivity index (χ4v) is 1.19. The Labute approximate surface area is 91.6 Å². The number of hydrogen-bond acceptors (Lipinski definition) is 5. The van der Waals surface area contributed by atoms with Gasteiger partial charge in [-0.2, -0.15) is 5.10 Å². The maximum absolute atomic E-state index is 12.5. The van der Waals surface area contributed by atoms with Crippen LogP contribution in [0.3, 0.4) is 0 Å². The lowest BCUT2D eigenvalue weighted by atomic mass is 10.4. The lowest BCUT2D eigenvalue weighted by molar-refractivity contribution is 0.614. The highest BCUT2D eigenvalue weighted by molar-refractivity contribution is 5.22. The average Bonchev–Trinajstić information content (AvgIpc) is 2.67. The van der Waals surface area contributed by atoms with Crippen LogP contribution in [0.25, 0.3) is 0 Å². The molecule has 0 aliphatic heterocycles. The summed E-state index contributed by atoms with van der Waals surface area (Å²) >= 11 is 0. The van der Waals surface area contributed by atoms with E-state index in [4.69, 9.17) is 0 Å². The summed E-state index contributed by atoms with van der Waals surface area (Å²) in [5, 5.41) is 7.07. The number of aromatic nitrogens is 5. The molecule has 2 heterocycles. The van der Waals surface area contributed by atoms with Crippen LogP contribution in [0.1, 0.15) is 5.82 Å². The summed E-state index contributed by atoms with van der Waals surface area (Å²) in [5.41, 5.74) is 0. The van der Waals surface area contributed by atoms with E-state index in [1.54, 1.807) is 11.0 Å². The van der Waals surface area contributed by atoms with E-state index in [1.165, 1.54) is 0 Å². The number of aryl methyl sites for hydroxylation is 1. The zero-order valence-electron chi connectivity index (χ0n) is 8.76. The number of hydrogen-bond donors (Lipinski definition) is 1. The van der Waals surface area contributed by atoms with Crippen LogP contribution in [0.2, 0.25) is 0 Å². The van der Waals surface area contributed by atoms with Crippen molar-refractivity contribution in [3.8, 4) is 0 Å². The van der Waals surface area contributed by atoms with Gasteiger partial charge in [0, 0.05) is 20.0 Å². The minimum absolute atomic E-state index is 0.400. The van der Waals surface area contributed by atoms with Crippen LogP contribution in [-0.4, -0.2) is 31.3 Å². The van der Waals surface area contributed by atoms with Crippen molar-refractivity contribution in [2.75, 3.05) is 11.9 Å². The first-order chi connectivity index (χ1) is 7.74. The van der Waals surface area contributed by atoms with E-state index >= 15 is 0 Å². The molecular formula is C9H11FN6. The summed E-state index contributed by atoms with van der Waals surface area (Å²) in [6.07, 6.45) is 4.55. The molecule has 2 aromatic heterocycles. The number of rotatable bonds is 4. The summed E-state index contributed by atoms with van der Waals surface area (Å²) in [6, 6.07) is 0. The summed E-state index contributed by atoms with van der Waals surface area (Å²) in [5.74, 6) is 0.700. The topological polar surface area (TPSA) is 68.5 Å². The Hall–Kier alpha value is -2.05. The first kappa shape index (κ1) is 10.5. The van der Waals surface area contributed by atoms with E-state index in [2.05, 4.69) is 25.4 Å². The Bertz CT molecular complexity index is 451. The van der Waals surface area contributed by atoms with Gasteiger partial charge in [0.25, 0.3) is 0 Å². The standard InChI is InChI=1S/C9H11FN6/c1-16-6-14-8(15-16)2-3-11-9-12-4-7(10)5-13-9/h4-6H,2-3H2,1H3,(H,11,12,13). The molecule has 0 saturated heterocycles. The molecule has 0 aromatic carbocycles. The average molecular weight is 222 g/mol. The van der Waals surface area contributed by atoms with Crippen molar-refractivity contribution in [3.63, 3.8) is 0 Å². The normalized spacial score (nSPS) is 10.4. The van der Waals surface area contributed by atoms with Crippen molar-refractivity contribution < 1.29 is 4.39 Å². The Balaban J connectivity index is 1.82. The second-order valence-corrected chi connectivity index (χ2v) is 3.24. The number of halogens is 1. The maximum atomic E-state index is 12.5. The zero-order chi connectivity index (χ0) is 11.4. The first-order valence-electron chi connectivity index (χ1n) is 4.80. The molecule has 0 spiro atoms. The van der Waals surface area contributed by atoms with Crippen molar-refractivity contribution in [2.45, 2.75) is 6.42 Å². The number of nitrogens with one attached hydrogen (secondary N) is 1. The Morgan fingerprint density at radius 3 is 2.69 bits per heavy atom. The molecule has 7 heteroatoms. The highest BCUT2D eigenvalue weighted by Crippen LogP contribution is 1.98. The van der Waals surface area contributed by atoms with Crippen molar-refractivity contribution in [1.82, 2.24) is 24.7 Å². The summed E-state index contributed by atoms with van der Waals surface area (Å²) in [6.45, 7) is 0.607. The molecule has 0 unspecified atom stereocenters. The van der Waals surface area contributed by atoms with Crippen LogP contribution >= 0.6 is 0 Å². The zero-order valence-corrected chi connectivity index (χ0v) is 8.76. The molecule has 0 bridgehead atoms. The van der Waals surface area contributed by atoms with E-state index in [-0.39, 0.29) is 0 Å². The quantitative estimate of drug-likeness (QED) is 0.810. The van der Waals surface area contributed by atoms with Crippen LogP contribution in [0.4, 0.5) is 10.3 Å². The number of nitrogens with zero attached hydrogens (tertiary/aromatic N) is 5. The van der Waals surface area contributed by atoms with Crippen LogP contribution in [0, 0.1) is 5.82 Å². The van der Waals surface area contributed by atoms with Gasteiger partial charge in [0.1, 0.15) is 6.33 Å². The third-order valence-electron chi connectivity index (χ3n) is 1.90. The molecular weight excluding hydrogens is 211 g/mol. The Kier molecular flexibility index (Phi) is 3.04. The monoisotopic (exact) mass is 222 g/mol. The highest BCUT2D eigenvalue weighted by atomic mass is 19.1. The summed E-state index contributed by atoms with van der Waals surface area (Å²) in [4.78, 5) is 11.6. The summed E-state index contributed by atoms with van der Waals surface area (Å²) < 4.78 is 14.1. The fraction of sp³-hybridized carbons (Fsp3) is 0.333. The first-order valence-corrected chi connectivity index (χ1v) is 4.80. The second kappa shape index (κ2) is 4.65. The van der Waals surface area contributed by atoms with E-state index in [9.17, 15) is 4.39 Å². The fourth-order valence-electron chi connectivity index (χ4n) is 1.19. The molecule has 2 rings (SSSR count). The largest absolute Gasteiger partial charge is 0.354 e. The van der Waals surface area contributed by atoms with Gasteiger partial charge in [0.05, 0.1) is 12.4 Å². The highest BCUT2D eigenvalue weighted by Gasteiger charge is 2.00. The molecule has 0 atom stereocenters. The third-order valence-corrected chi connectivity index (χ3v) is 1.90. The van der Waals surface area contributed by atoms with Crippen LogP contribution in [0.15, 0.2) is 18.7 Å². The van der Waals surface area contributed by atoms with Gasteiger partial charge in [-0.1, -0.05) is 0 Å². The molecule has 6 nitrogen and oxygen atoms in total. The molecule has 2 aromatic rings. The maximum Gasteiger partial charge on any atom is 0.222 e. The van der Waals surface area contributed by atoms with Gasteiger partial charge in [-0.15, -0.1) is 0 Å². The van der Waals surface area contributed by atoms with Gasteiger partial charge in [-0.3, -0.25) is 4.68 Å². The molecule has 0 radical (unpaired) electrons. The van der Waals surface area contributed by atoms with Crippen molar-refractivity contribution in [2.24, 2.45) is 7.05 Å². The lowest BCUT2D eigenvalue weighted by Gasteiger charge is -2.01. The van der Waals surface area contributed by atoms with Crippen molar-refractivity contribution in [3.05, 3.63) is 30.4 Å². The molecule has 16 heavy (non-hydrogen) atoms. The van der Waals surface area contributed by atoms with Gasteiger partial charge >= 0.3 is 0 Å². The SMILES string of the molecule is Cn1cnc(CCNc2ncc(F)cn2)n1. The number of anilines is 1. The Morgan fingerprint density at radius 1 is 1.31 bits per heavy atom. The van der Waals surface area contributed by atoms with Gasteiger partial charge in [-0.25, -0.2) is 19.3 Å². The van der Waals surface area contributed by atoms with Crippen LogP contribution < -0.4 is 5.32 Å². The van der Waals surface area contributed by atoms with Gasteiger partial charge in [-0.05, 0) is 0 Å². The minimum atomic E-state index is -0.447. The Morgan fingerprint density at radius 2 is 2.06 bits per heavy atom. The molecule has 0 fully saturated rings. The predicted octanol–water partition coefficient (Wildman–Crippen LogP) is 0.399. The van der Waals surface area contributed by atoms with Gasteiger partial charge < -0.3 is 5.32 Å². The van der Waals surface area contributed by atoms with Crippen LogP contribution in [0.5, 0.6) is 0 Å². The van der Waals surface area contributed by atoms with E-state index in [0.717, 1.165) is 18.2 Å².